The van der Waals surface area contributed by atoms with Crippen LogP contribution in [0, 0.1) is 5.92 Å². The number of hydrogen-bond acceptors (Lipinski definition) is 4. The van der Waals surface area contributed by atoms with Gasteiger partial charge in [-0.3, -0.25) is 14.4 Å². The van der Waals surface area contributed by atoms with E-state index in [0.29, 0.717) is 17.9 Å². The molecule has 0 bridgehead atoms. The molecule has 1 aliphatic heterocycles. The van der Waals surface area contributed by atoms with Crippen LogP contribution in [0.25, 0.3) is 11.3 Å². The predicted octanol–water partition coefficient (Wildman–Crippen LogP) is 3.55. The van der Waals surface area contributed by atoms with Gasteiger partial charge in [-0.2, -0.15) is 5.10 Å². The highest BCUT2D eigenvalue weighted by molar-refractivity contribution is 6.04. The number of amides is 2. The molecule has 164 valence electrons. The molecule has 1 fully saturated rings. The fraction of sp³-hybridized carbons (Fsp3) is 0.280. The smallest absolute Gasteiger partial charge is 0.264 e. The molecule has 3 aromatic rings. The van der Waals surface area contributed by atoms with Crippen molar-refractivity contribution in [2.24, 2.45) is 5.92 Å². The molecular weight excluding hydrogens is 404 g/mol. The zero-order valence-electron chi connectivity index (χ0n) is 18.2. The number of anilines is 2. The molecular formula is C25H26N4O3. The molecule has 0 aliphatic carbocycles. The van der Waals surface area contributed by atoms with Crippen molar-refractivity contribution in [2.45, 2.75) is 33.1 Å². The van der Waals surface area contributed by atoms with Crippen molar-refractivity contribution >= 4 is 23.2 Å². The second-order valence-electron chi connectivity index (χ2n) is 7.91. The molecule has 1 unspecified atom stereocenters. The summed E-state index contributed by atoms with van der Waals surface area (Å²) in [5.74, 6) is -0.627. The van der Waals surface area contributed by atoms with E-state index >= 15 is 0 Å². The van der Waals surface area contributed by atoms with Crippen LogP contribution in [0.15, 0.2) is 59.4 Å². The van der Waals surface area contributed by atoms with E-state index in [1.807, 2.05) is 30.3 Å². The van der Waals surface area contributed by atoms with Gasteiger partial charge in [-0.15, -0.1) is 0 Å². The average Bonchev–Trinajstić information content (AvgIpc) is 3.20. The Morgan fingerprint density at radius 3 is 2.44 bits per heavy atom. The molecule has 2 amide bonds. The van der Waals surface area contributed by atoms with Gasteiger partial charge in [0.15, 0.2) is 0 Å². The van der Waals surface area contributed by atoms with E-state index in [4.69, 9.17) is 0 Å². The van der Waals surface area contributed by atoms with E-state index in [9.17, 15) is 14.4 Å². The molecule has 1 aromatic heterocycles. The summed E-state index contributed by atoms with van der Waals surface area (Å²) in [7, 11) is 0. The summed E-state index contributed by atoms with van der Waals surface area (Å²) in [4.78, 5) is 38.9. The molecule has 0 saturated carbocycles. The third-order valence-corrected chi connectivity index (χ3v) is 5.84. The molecule has 32 heavy (non-hydrogen) atoms. The zero-order chi connectivity index (χ0) is 22.7. The van der Waals surface area contributed by atoms with Crippen LogP contribution in [0.1, 0.15) is 31.4 Å². The van der Waals surface area contributed by atoms with Crippen LogP contribution in [-0.2, 0) is 22.4 Å². The summed E-state index contributed by atoms with van der Waals surface area (Å²) in [5, 5.41) is 9.38. The highest BCUT2D eigenvalue weighted by Gasteiger charge is 2.36. The maximum absolute atomic E-state index is 13.0. The highest BCUT2D eigenvalue weighted by atomic mass is 16.2. The van der Waals surface area contributed by atoms with E-state index in [2.05, 4.69) is 29.4 Å². The first-order valence-corrected chi connectivity index (χ1v) is 10.9. The first kappa shape index (κ1) is 21.5. The van der Waals surface area contributed by atoms with Crippen LogP contribution >= 0.6 is 0 Å². The summed E-state index contributed by atoms with van der Waals surface area (Å²) in [6, 6.07) is 16.4. The standard InChI is InChI=1S/C25H26N4O3/c1-3-16-7-5-8-17(4-2)24(16)29-15-19(14-23(29)31)25(32)26-20-10-6-9-18(13-20)21-11-12-22(30)28-27-21/h5-13,19H,3-4,14-15H2,1-2H3,(H,26,32)(H,28,30). The largest absolute Gasteiger partial charge is 0.326 e. The van der Waals surface area contributed by atoms with Crippen molar-refractivity contribution in [1.29, 1.82) is 0 Å². The Labute approximate surface area is 186 Å². The Morgan fingerprint density at radius 2 is 1.78 bits per heavy atom. The first-order chi connectivity index (χ1) is 15.5. The number of carbonyl (C=O) groups is 2. The van der Waals surface area contributed by atoms with Crippen LogP contribution in [-0.4, -0.2) is 28.6 Å². The number of hydrogen-bond donors (Lipinski definition) is 2. The molecule has 0 spiro atoms. The van der Waals surface area contributed by atoms with Crippen LogP contribution in [0.4, 0.5) is 11.4 Å². The van der Waals surface area contributed by atoms with Gasteiger partial charge in [0, 0.05) is 36.0 Å². The summed E-state index contributed by atoms with van der Waals surface area (Å²) >= 11 is 0. The lowest BCUT2D eigenvalue weighted by Crippen LogP contribution is -2.29. The van der Waals surface area contributed by atoms with Crippen LogP contribution in [0.5, 0.6) is 0 Å². The number of aryl methyl sites for hydroxylation is 2. The Balaban J connectivity index is 1.51. The quantitative estimate of drug-likeness (QED) is 0.625. The Bertz CT molecular complexity index is 1180. The van der Waals surface area contributed by atoms with E-state index in [1.54, 1.807) is 23.1 Å². The van der Waals surface area contributed by atoms with E-state index < -0.39 is 5.92 Å². The number of aromatic nitrogens is 2. The van der Waals surface area contributed by atoms with Gasteiger partial charge in [-0.1, -0.05) is 44.2 Å². The summed E-state index contributed by atoms with van der Waals surface area (Å²) in [5.41, 5.74) is 4.93. The predicted molar refractivity (Wildman–Crippen MR) is 125 cm³/mol. The number of nitrogens with zero attached hydrogens (tertiary/aromatic N) is 2. The maximum Gasteiger partial charge on any atom is 0.264 e. The lowest BCUT2D eigenvalue weighted by molar-refractivity contribution is -0.122. The van der Waals surface area contributed by atoms with Gasteiger partial charge in [0.25, 0.3) is 5.56 Å². The third kappa shape index (κ3) is 4.32. The Morgan fingerprint density at radius 1 is 1.06 bits per heavy atom. The number of H-pyrrole nitrogens is 1. The van der Waals surface area contributed by atoms with Gasteiger partial charge in [-0.05, 0) is 42.2 Å². The highest BCUT2D eigenvalue weighted by Crippen LogP contribution is 2.33. The molecule has 7 heteroatoms. The SMILES string of the molecule is CCc1cccc(CC)c1N1CC(C(=O)Nc2cccc(-c3ccc(=O)[nH]n3)c2)CC1=O. The molecule has 7 nitrogen and oxygen atoms in total. The van der Waals surface area contributed by atoms with E-state index in [1.165, 1.54) is 6.07 Å². The van der Waals surface area contributed by atoms with Crippen LogP contribution in [0.2, 0.25) is 0 Å². The zero-order valence-corrected chi connectivity index (χ0v) is 18.2. The number of aromatic amines is 1. The number of rotatable bonds is 6. The van der Waals surface area contributed by atoms with Crippen LogP contribution in [0.3, 0.4) is 0 Å². The number of nitrogens with one attached hydrogen (secondary N) is 2. The van der Waals surface area contributed by atoms with Crippen molar-refractivity contribution in [3.05, 3.63) is 76.1 Å². The Kier molecular flexibility index (Phi) is 6.16. The summed E-state index contributed by atoms with van der Waals surface area (Å²) in [6.07, 6.45) is 1.85. The number of benzene rings is 2. The molecule has 0 radical (unpaired) electrons. The van der Waals surface area contributed by atoms with E-state index in [0.717, 1.165) is 35.2 Å². The van der Waals surface area contributed by atoms with Gasteiger partial charge in [-0.25, -0.2) is 5.10 Å². The fourth-order valence-corrected chi connectivity index (χ4v) is 4.17. The van der Waals surface area contributed by atoms with E-state index in [-0.39, 0.29) is 23.8 Å². The monoisotopic (exact) mass is 430 g/mol. The molecule has 1 saturated heterocycles. The van der Waals surface area contributed by atoms with Gasteiger partial charge >= 0.3 is 0 Å². The van der Waals surface area contributed by atoms with Gasteiger partial charge in [0.05, 0.1) is 11.6 Å². The molecule has 2 heterocycles. The minimum absolute atomic E-state index is 0.0214. The van der Waals surface area contributed by atoms with Crippen molar-refractivity contribution in [3.63, 3.8) is 0 Å². The maximum atomic E-state index is 13.0. The normalized spacial score (nSPS) is 15.8. The van der Waals surface area contributed by atoms with Crippen molar-refractivity contribution in [3.8, 4) is 11.3 Å². The lowest BCUT2D eigenvalue weighted by Gasteiger charge is -2.23. The summed E-state index contributed by atoms with van der Waals surface area (Å²) < 4.78 is 0. The van der Waals surface area contributed by atoms with Gasteiger partial charge in [0.1, 0.15) is 0 Å². The minimum atomic E-state index is -0.424. The van der Waals surface area contributed by atoms with Crippen molar-refractivity contribution < 1.29 is 9.59 Å². The molecule has 4 rings (SSSR count). The lowest BCUT2D eigenvalue weighted by atomic mass is 10.0. The van der Waals surface area contributed by atoms with Crippen molar-refractivity contribution in [1.82, 2.24) is 10.2 Å². The second kappa shape index (κ2) is 9.18. The molecule has 1 aliphatic rings. The molecule has 1 atom stereocenters. The van der Waals surface area contributed by atoms with Crippen molar-refractivity contribution in [2.75, 3.05) is 16.8 Å². The fourth-order valence-electron chi connectivity index (χ4n) is 4.17. The topological polar surface area (TPSA) is 95.2 Å². The number of carbonyl (C=O) groups excluding carboxylic acids is 2. The Hall–Kier alpha value is -3.74. The molecule has 2 aromatic carbocycles. The average molecular weight is 431 g/mol. The third-order valence-electron chi connectivity index (χ3n) is 5.84. The minimum Gasteiger partial charge on any atom is -0.326 e. The van der Waals surface area contributed by atoms with Crippen LogP contribution < -0.4 is 15.8 Å². The second-order valence-corrected chi connectivity index (χ2v) is 7.91. The van der Waals surface area contributed by atoms with Gasteiger partial charge in [0.2, 0.25) is 11.8 Å². The summed E-state index contributed by atoms with van der Waals surface area (Å²) in [6.45, 7) is 4.52. The van der Waals surface area contributed by atoms with Gasteiger partial charge < -0.3 is 10.2 Å². The molecule has 2 N–H and O–H groups in total. The number of para-hydroxylation sites is 1. The first-order valence-electron chi connectivity index (χ1n) is 10.9.